The summed E-state index contributed by atoms with van der Waals surface area (Å²) in [5, 5.41) is 0. The minimum absolute atomic E-state index is 0.000555. The van der Waals surface area contributed by atoms with E-state index in [2.05, 4.69) is 44.4 Å². The van der Waals surface area contributed by atoms with E-state index >= 15 is 0 Å². The lowest BCUT2D eigenvalue weighted by molar-refractivity contribution is -0.146. The molecule has 0 aromatic rings. The van der Waals surface area contributed by atoms with Gasteiger partial charge in [-0.1, -0.05) is 208 Å². The van der Waals surface area contributed by atoms with E-state index in [1.165, 1.54) is 212 Å². The molecule has 1 rings (SSSR count). The van der Waals surface area contributed by atoms with Gasteiger partial charge in [0.05, 0.1) is 13.2 Å². The van der Waals surface area contributed by atoms with E-state index in [1.807, 2.05) is 0 Å². The Morgan fingerprint density at radius 2 is 0.758 bits per heavy atom. The molecule has 3 atom stereocenters. The van der Waals surface area contributed by atoms with Crippen LogP contribution in [0, 0.1) is 11.8 Å². The summed E-state index contributed by atoms with van der Waals surface area (Å²) in [7, 11) is 0. The fourth-order valence-corrected chi connectivity index (χ4v) is 10.2. The lowest BCUT2D eigenvalue weighted by Gasteiger charge is -2.33. The molecule has 0 spiro atoms. The van der Waals surface area contributed by atoms with Gasteiger partial charge in [0, 0.05) is 31.8 Å². The zero-order valence-electron chi connectivity index (χ0n) is 45.1. The fourth-order valence-electron chi connectivity index (χ4n) is 10.2. The van der Waals surface area contributed by atoms with E-state index in [-0.39, 0.29) is 11.9 Å². The van der Waals surface area contributed by atoms with Crippen LogP contribution in [0.25, 0.3) is 0 Å². The highest BCUT2D eigenvalue weighted by molar-refractivity contribution is 5.76. The molecule has 1 fully saturated rings. The maximum Gasteiger partial charge on any atom is 0.305 e. The van der Waals surface area contributed by atoms with Gasteiger partial charge in [-0.25, -0.2) is 0 Å². The molecular formula is C59H114N2O5. The molecular weight excluding hydrogens is 817 g/mol. The van der Waals surface area contributed by atoms with Crippen molar-refractivity contribution in [2.24, 2.45) is 11.8 Å². The summed E-state index contributed by atoms with van der Waals surface area (Å²) >= 11 is 0. The average Bonchev–Trinajstić information content (AvgIpc) is 3.85. The second-order valence-corrected chi connectivity index (χ2v) is 21.1. The van der Waals surface area contributed by atoms with Crippen LogP contribution in [0.15, 0.2) is 0 Å². The number of ether oxygens (including phenoxy) is 2. The molecule has 0 bridgehead atoms. The predicted molar refractivity (Wildman–Crippen MR) is 283 cm³/mol. The first-order chi connectivity index (χ1) is 32.4. The van der Waals surface area contributed by atoms with Crippen molar-refractivity contribution in [2.45, 2.75) is 310 Å². The molecule has 7 heteroatoms. The molecule has 0 aromatic carbocycles. The zero-order valence-corrected chi connectivity index (χ0v) is 45.1. The smallest absolute Gasteiger partial charge is 0.305 e. The average molecular weight is 932 g/mol. The van der Waals surface area contributed by atoms with Gasteiger partial charge >= 0.3 is 11.9 Å². The van der Waals surface area contributed by atoms with Gasteiger partial charge in [-0.2, -0.15) is 0 Å². The largest absolute Gasteiger partial charge is 0.465 e. The Bertz CT molecular complexity index is 1080. The third-order valence-electron chi connectivity index (χ3n) is 14.7. The van der Waals surface area contributed by atoms with E-state index in [1.54, 1.807) is 0 Å². The Morgan fingerprint density at radius 3 is 1.20 bits per heavy atom. The number of carbonyl (C=O) groups is 3. The van der Waals surface area contributed by atoms with Gasteiger partial charge in [-0.3, -0.25) is 14.4 Å². The van der Waals surface area contributed by atoms with Crippen molar-refractivity contribution in [3.8, 4) is 0 Å². The predicted octanol–water partition coefficient (Wildman–Crippen LogP) is 17.3. The second kappa shape index (κ2) is 47.1. The van der Waals surface area contributed by atoms with Crippen LogP contribution in [0.1, 0.15) is 304 Å². The lowest BCUT2D eigenvalue weighted by atomic mass is 9.96. The number of hydrogen-bond donors (Lipinski definition) is 0. The van der Waals surface area contributed by atoms with Crippen molar-refractivity contribution in [3.05, 3.63) is 0 Å². The van der Waals surface area contributed by atoms with Crippen molar-refractivity contribution < 1.29 is 23.9 Å². The Hall–Kier alpha value is -1.63. The second-order valence-electron chi connectivity index (χ2n) is 21.1. The Labute approximate surface area is 411 Å². The van der Waals surface area contributed by atoms with Crippen LogP contribution in [-0.2, 0) is 23.9 Å². The Kier molecular flexibility index (Phi) is 44.5. The summed E-state index contributed by atoms with van der Waals surface area (Å²) in [5.74, 6) is 1.46. The molecule has 0 saturated carbocycles. The number of hydrogen-bond acceptors (Lipinski definition) is 6. The molecule has 1 aliphatic heterocycles. The molecule has 0 radical (unpaired) electrons. The first-order valence-corrected chi connectivity index (χ1v) is 29.7. The Morgan fingerprint density at radius 1 is 0.409 bits per heavy atom. The molecule has 66 heavy (non-hydrogen) atoms. The van der Waals surface area contributed by atoms with Crippen LogP contribution in [-0.4, -0.2) is 73.1 Å². The molecule has 0 aliphatic carbocycles. The summed E-state index contributed by atoms with van der Waals surface area (Å²) in [4.78, 5) is 44.2. The van der Waals surface area contributed by atoms with Gasteiger partial charge in [-0.15, -0.1) is 0 Å². The molecule has 1 aliphatic rings. The number of esters is 2. The van der Waals surface area contributed by atoms with E-state index in [4.69, 9.17) is 9.47 Å². The van der Waals surface area contributed by atoms with Gasteiger partial charge in [0.2, 0.25) is 5.91 Å². The van der Waals surface area contributed by atoms with Crippen LogP contribution in [0.2, 0.25) is 0 Å². The molecule has 1 heterocycles. The van der Waals surface area contributed by atoms with Crippen LogP contribution in [0.5, 0.6) is 0 Å². The lowest BCUT2D eigenvalue weighted by Crippen LogP contribution is -2.42. The summed E-state index contributed by atoms with van der Waals surface area (Å²) < 4.78 is 11.6. The third-order valence-corrected chi connectivity index (χ3v) is 14.7. The summed E-state index contributed by atoms with van der Waals surface area (Å²) in [6, 6.07) is 0.346. The van der Waals surface area contributed by atoms with Crippen molar-refractivity contribution >= 4 is 17.8 Å². The van der Waals surface area contributed by atoms with Crippen LogP contribution >= 0.6 is 0 Å². The van der Waals surface area contributed by atoms with Crippen molar-refractivity contribution in [1.29, 1.82) is 0 Å². The molecule has 3 unspecified atom stereocenters. The molecule has 0 N–H and O–H groups in total. The molecule has 1 amide bonds. The van der Waals surface area contributed by atoms with Crippen molar-refractivity contribution in [1.82, 2.24) is 9.80 Å². The SMILES string of the molecule is CCCCCCCC(=O)N(CCCN1CCCC1)C(CCCCCCCCCC(=O)OCC(CCCC)CCCCCC)CCCCCCCCC(=O)OCC(CCCC)CCCCCC. The number of rotatable bonds is 50. The van der Waals surface area contributed by atoms with Gasteiger partial charge in [0.25, 0.3) is 0 Å². The summed E-state index contributed by atoms with van der Waals surface area (Å²) in [6.45, 7) is 17.0. The van der Waals surface area contributed by atoms with E-state index in [0.717, 1.165) is 64.5 Å². The first kappa shape index (κ1) is 62.4. The van der Waals surface area contributed by atoms with Gasteiger partial charge in [0.15, 0.2) is 0 Å². The molecule has 1 saturated heterocycles. The maximum absolute atomic E-state index is 14.0. The number of carbonyl (C=O) groups excluding carboxylic acids is 3. The van der Waals surface area contributed by atoms with Crippen molar-refractivity contribution in [3.63, 3.8) is 0 Å². The monoisotopic (exact) mass is 931 g/mol. The van der Waals surface area contributed by atoms with Crippen LogP contribution < -0.4 is 0 Å². The van der Waals surface area contributed by atoms with Gasteiger partial charge < -0.3 is 19.3 Å². The zero-order chi connectivity index (χ0) is 48.0. The van der Waals surface area contributed by atoms with Crippen LogP contribution in [0.3, 0.4) is 0 Å². The minimum atomic E-state index is -0.000555. The van der Waals surface area contributed by atoms with Gasteiger partial charge in [-0.05, 0) is 109 Å². The molecule has 7 nitrogen and oxygen atoms in total. The van der Waals surface area contributed by atoms with Gasteiger partial charge in [0.1, 0.15) is 0 Å². The number of unbranched alkanes of at least 4 members (excludes halogenated alkanes) is 23. The summed E-state index contributed by atoms with van der Waals surface area (Å²) in [5.41, 5.74) is 0. The number of amides is 1. The number of nitrogens with zero attached hydrogens (tertiary/aromatic N) is 2. The van der Waals surface area contributed by atoms with E-state index < -0.39 is 0 Å². The highest BCUT2D eigenvalue weighted by Gasteiger charge is 2.24. The molecule has 0 aromatic heterocycles. The molecule has 390 valence electrons. The van der Waals surface area contributed by atoms with E-state index in [0.29, 0.717) is 56.3 Å². The van der Waals surface area contributed by atoms with E-state index in [9.17, 15) is 14.4 Å². The quantitative estimate of drug-likeness (QED) is 0.0447. The Balaban J connectivity index is 2.58. The highest BCUT2D eigenvalue weighted by Crippen LogP contribution is 2.24. The van der Waals surface area contributed by atoms with Crippen LogP contribution in [0.4, 0.5) is 0 Å². The minimum Gasteiger partial charge on any atom is -0.465 e. The standard InChI is InChI=1S/C59H114N2O5/c1-6-11-16-24-33-45-57(62)61(51-38-50-60-48-36-37-49-60)56(44-32-26-22-23-28-35-47-59(64)66-53-55(40-15-10-5)42-30-18-13-8-3)43-31-25-20-19-21-27-34-46-58(63)65-52-54(39-14-9-4)41-29-17-12-7-2/h54-56H,6-53H2,1-5H3. The number of likely N-dealkylation sites (tertiary alicyclic amines) is 1. The fraction of sp³-hybridized carbons (Fsp3) is 0.949. The summed E-state index contributed by atoms with van der Waals surface area (Å²) in [6.07, 6.45) is 48.5. The third kappa shape index (κ3) is 37.3. The normalized spacial score (nSPS) is 14.4. The highest BCUT2D eigenvalue weighted by atomic mass is 16.5. The maximum atomic E-state index is 14.0. The topological polar surface area (TPSA) is 76.2 Å². The van der Waals surface area contributed by atoms with Crippen molar-refractivity contribution in [2.75, 3.05) is 39.4 Å². The first-order valence-electron chi connectivity index (χ1n) is 29.7.